The van der Waals surface area contributed by atoms with Crippen molar-refractivity contribution in [2.75, 3.05) is 12.0 Å². The Kier molecular flexibility index (Phi) is 3.55. The second-order valence-corrected chi connectivity index (χ2v) is 4.57. The molecule has 0 radical (unpaired) electrons. The smallest absolute Gasteiger partial charge is 0.0697 e. The number of benzene rings is 1. The maximum absolute atomic E-state index is 11.2. The molecule has 0 aromatic heterocycles. The van der Waals surface area contributed by atoms with Crippen molar-refractivity contribution in [2.45, 2.75) is 4.90 Å². The minimum Gasteiger partial charge on any atom is -0.399 e. The zero-order chi connectivity index (χ0) is 8.48. The van der Waals surface area contributed by atoms with Crippen LogP contribution in [0.1, 0.15) is 0 Å². The Morgan fingerprint density at radius 2 is 2.08 bits per heavy atom. The lowest BCUT2D eigenvalue weighted by Crippen LogP contribution is -1.95. The van der Waals surface area contributed by atoms with Crippen LogP contribution in [0.2, 0.25) is 0 Å². The fourth-order valence-electron chi connectivity index (χ4n) is 0.757. The van der Waals surface area contributed by atoms with Crippen LogP contribution in [0, 0.1) is 4.78 Å². The quantitative estimate of drug-likeness (QED) is 0.688. The van der Waals surface area contributed by atoms with Gasteiger partial charge < -0.3 is 5.73 Å². The molecule has 0 fully saturated rings. The van der Waals surface area contributed by atoms with Crippen molar-refractivity contribution in [3.05, 3.63) is 24.3 Å². The Balaban J connectivity index is 0.00000121. The molecule has 0 saturated heterocycles. The summed E-state index contributed by atoms with van der Waals surface area (Å²) in [5.74, 6) is 0. The molecule has 12 heavy (non-hydrogen) atoms. The van der Waals surface area contributed by atoms with Crippen LogP contribution in [-0.4, -0.2) is 10.5 Å². The van der Waals surface area contributed by atoms with E-state index in [9.17, 15) is 4.21 Å². The monoisotopic (exact) mass is 206 g/mol. The summed E-state index contributed by atoms with van der Waals surface area (Å²) in [6.07, 6.45) is 1.38. The third-order valence-electron chi connectivity index (χ3n) is 1.31. The molecule has 1 rings (SSSR count). The number of hydrogen-bond acceptors (Lipinski definition) is 3. The van der Waals surface area contributed by atoms with Crippen LogP contribution in [-0.2, 0) is 9.73 Å². The molecule has 0 aliphatic rings. The minimum atomic E-state index is -2.61. The van der Waals surface area contributed by atoms with Crippen LogP contribution in [0.15, 0.2) is 29.2 Å². The van der Waals surface area contributed by atoms with E-state index in [2.05, 4.69) is 0 Å². The van der Waals surface area contributed by atoms with Crippen molar-refractivity contribution in [1.82, 2.24) is 0 Å². The predicted molar refractivity (Wildman–Crippen MR) is 53.2 cm³/mol. The number of nitrogens with two attached hydrogens (primary N) is 1. The topological polar surface area (TPSA) is 66.9 Å². The third-order valence-corrected chi connectivity index (χ3v) is 2.46. The maximum Gasteiger partial charge on any atom is 0.0697 e. The zero-order valence-corrected chi connectivity index (χ0v) is 8.24. The van der Waals surface area contributed by atoms with Crippen LogP contribution >= 0.6 is 12.4 Å². The number of nitrogen functional groups attached to an aromatic ring is 1. The minimum absolute atomic E-state index is 0. The molecule has 0 heterocycles. The molecule has 0 bridgehead atoms. The summed E-state index contributed by atoms with van der Waals surface area (Å²) >= 11 is 0. The summed E-state index contributed by atoms with van der Waals surface area (Å²) in [4.78, 5) is 0.484. The molecule has 1 aromatic carbocycles. The highest BCUT2D eigenvalue weighted by atomic mass is 35.5. The normalized spacial score (nSPS) is 14.4. The molecule has 1 unspecified atom stereocenters. The standard InChI is InChI=1S/C7H10N2OS.ClH/c1-11(9,10)7-4-2-3-6(8)5-7;/h2-5,9H,8H2,1H3;1H. The van der Waals surface area contributed by atoms with Gasteiger partial charge in [-0.2, -0.15) is 0 Å². The van der Waals surface area contributed by atoms with E-state index >= 15 is 0 Å². The lowest BCUT2D eigenvalue weighted by molar-refractivity contribution is 0.679. The summed E-state index contributed by atoms with van der Waals surface area (Å²) in [5, 5.41) is 0. The van der Waals surface area contributed by atoms with Crippen molar-refractivity contribution < 1.29 is 4.21 Å². The highest BCUT2D eigenvalue weighted by Crippen LogP contribution is 2.12. The van der Waals surface area contributed by atoms with Crippen molar-refractivity contribution in [2.24, 2.45) is 0 Å². The van der Waals surface area contributed by atoms with Crippen molar-refractivity contribution in [1.29, 1.82) is 4.78 Å². The first-order valence-corrected chi connectivity index (χ1v) is 5.06. The second kappa shape index (κ2) is 3.78. The van der Waals surface area contributed by atoms with Gasteiger partial charge in [0.25, 0.3) is 0 Å². The summed E-state index contributed by atoms with van der Waals surface area (Å²) in [5.41, 5.74) is 5.99. The van der Waals surface area contributed by atoms with Crippen molar-refractivity contribution in [3.8, 4) is 0 Å². The van der Waals surface area contributed by atoms with Crippen LogP contribution in [0.5, 0.6) is 0 Å². The Morgan fingerprint density at radius 3 is 2.42 bits per heavy atom. The Morgan fingerprint density at radius 1 is 1.50 bits per heavy atom. The molecule has 1 aromatic rings. The molecule has 3 nitrogen and oxygen atoms in total. The van der Waals surface area contributed by atoms with Crippen LogP contribution in [0.4, 0.5) is 5.69 Å². The Bertz CT molecular complexity index is 361. The third kappa shape index (κ3) is 2.71. The summed E-state index contributed by atoms with van der Waals surface area (Å²) < 4.78 is 18.4. The number of halogens is 1. The second-order valence-electron chi connectivity index (χ2n) is 2.42. The highest BCUT2D eigenvalue weighted by molar-refractivity contribution is 7.91. The van der Waals surface area contributed by atoms with E-state index < -0.39 is 9.73 Å². The molecule has 5 heteroatoms. The molecular formula is C7H11ClN2OS. The molecule has 0 saturated carbocycles. The van der Waals surface area contributed by atoms with Crippen molar-refractivity contribution >= 4 is 27.8 Å². The fourth-order valence-corrected chi connectivity index (χ4v) is 1.46. The van der Waals surface area contributed by atoms with Gasteiger partial charge >= 0.3 is 0 Å². The van der Waals surface area contributed by atoms with E-state index in [1.54, 1.807) is 24.3 Å². The van der Waals surface area contributed by atoms with E-state index in [1.165, 1.54) is 6.26 Å². The Labute approximate surface area is 78.4 Å². The first-order valence-electron chi connectivity index (χ1n) is 3.09. The fraction of sp³-hybridized carbons (Fsp3) is 0.143. The molecule has 0 aliphatic heterocycles. The SMILES string of the molecule is CS(=N)(=O)c1cccc(N)c1.Cl. The van der Waals surface area contributed by atoms with Gasteiger partial charge in [-0.05, 0) is 18.2 Å². The van der Waals surface area contributed by atoms with E-state index in [1.807, 2.05) is 0 Å². The number of rotatable bonds is 1. The van der Waals surface area contributed by atoms with E-state index in [-0.39, 0.29) is 12.4 Å². The molecule has 0 aliphatic carbocycles. The molecule has 0 spiro atoms. The molecule has 3 N–H and O–H groups in total. The van der Waals surface area contributed by atoms with Gasteiger partial charge in [0.1, 0.15) is 0 Å². The van der Waals surface area contributed by atoms with E-state index in [0.717, 1.165) is 0 Å². The molecular weight excluding hydrogens is 196 g/mol. The number of anilines is 1. The summed E-state index contributed by atoms with van der Waals surface area (Å²) in [6, 6.07) is 6.61. The van der Waals surface area contributed by atoms with E-state index in [4.69, 9.17) is 10.5 Å². The Hall–Kier alpha value is -0.740. The predicted octanol–water partition coefficient (Wildman–Crippen LogP) is 1.73. The van der Waals surface area contributed by atoms with Gasteiger partial charge in [-0.1, -0.05) is 6.07 Å². The lowest BCUT2D eigenvalue weighted by atomic mass is 10.3. The van der Waals surface area contributed by atoms with Gasteiger partial charge in [0.05, 0.1) is 9.73 Å². The lowest BCUT2D eigenvalue weighted by Gasteiger charge is -2.00. The average molecular weight is 207 g/mol. The van der Waals surface area contributed by atoms with Crippen LogP contribution < -0.4 is 5.73 Å². The van der Waals surface area contributed by atoms with Gasteiger partial charge in [-0.3, -0.25) is 0 Å². The first-order chi connectivity index (χ1) is 5.00. The maximum atomic E-state index is 11.2. The van der Waals surface area contributed by atoms with Crippen LogP contribution in [0.3, 0.4) is 0 Å². The molecule has 1 atom stereocenters. The largest absolute Gasteiger partial charge is 0.399 e. The van der Waals surface area contributed by atoms with Gasteiger partial charge in [0.15, 0.2) is 0 Å². The van der Waals surface area contributed by atoms with Gasteiger partial charge in [-0.25, -0.2) is 8.99 Å². The zero-order valence-electron chi connectivity index (χ0n) is 6.61. The average Bonchev–Trinajstić information content (AvgIpc) is 1.86. The first kappa shape index (κ1) is 11.3. The highest BCUT2D eigenvalue weighted by Gasteiger charge is 2.01. The van der Waals surface area contributed by atoms with Gasteiger partial charge in [-0.15, -0.1) is 12.4 Å². The van der Waals surface area contributed by atoms with Gasteiger partial charge in [0.2, 0.25) is 0 Å². The molecule has 0 amide bonds. The number of hydrogen-bond donors (Lipinski definition) is 2. The van der Waals surface area contributed by atoms with Crippen LogP contribution in [0.25, 0.3) is 0 Å². The number of nitrogens with one attached hydrogen (secondary N) is 1. The van der Waals surface area contributed by atoms with E-state index in [0.29, 0.717) is 10.6 Å². The molecule has 68 valence electrons. The summed E-state index contributed by atoms with van der Waals surface area (Å²) in [6.45, 7) is 0. The van der Waals surface area contributed by atoms with Gasteiger partial charge in [0, 0.05) is 16.8 Å². The summed E-state index contributed by atoms with van der Waals surface area (Å²) in [7, 11) is -2.61. The van der Waals surface area contributed by atoms with Crippen molar-refractivity contribution in [3.63, 3.8) is 0 Å².